The van der Waals surface area contributed by atoms with Crippen molar-refractivity contribution in [2.24, 2.45) is 5.41 Å². The molecule has 0 bridgehead atoms. The first-order valence-electron chi connectivity index (χ1n) is 5.62. The average molecular weight is 211 g/mol. The summed E-state index contributed by atoms with van der Waals surface area (Å²) in [5.74, 6) is -1.08. The van der Waals surface area contributed by atoms with Crippen molar-refractivity contribution in [3.8, 4) is 0 Å². The minimum absolute atomic E-state index is 0.147. The van der Waals surface area contributed by atoms with Gasteiger partial charge in [-0.15, -0.1) is 0 Å². The third kappa shape index (κ3) is 1.43. The highest BCUT2D eigenvalue weighted by Gasteiger charge is 2.53. The van der Waals surface area contributed by atoms with Crippen LogP contribution in [0.4, 0.5) is 0 Å². The zero-order chi connectivity index (χ0) is 11.1. The van der Waals surface area contributed by atoms with Crippen molar-refractivity contribution < 1.29 is 14.7 Å². The number of hydrogen-bond donors (Lipinski definition) is 1. The minimum atomic E-state index is -1.07. The van der Waals surface area contributed by atoms with E-state index in [1.165, 1.54) is 0 Å². The van der Waals surface area contributed by atoms with E-state index in [1.54, 1.807) is 4.90 Å². The topological polar surface area (TPSA) is 57.6 Å². The molecule has 15 heavy (non-hydrogen) atoms. The highest BCUT2D eigenvalue weighted by molar-refractivity contribution is 6.03. The first-order valence-corrected chi connectivity index (χ1v) is 5.62. The zero-order valence-electron chi connectivity index (χ0n) is 9.03. The molecule has 2 rings (SSSR count). The SMILES string of the molecule is CC1CCCN1C(=O)C1(C(=O)O)CCC1. The van der Waals surface area contributed by atoms with E-state index in [-0.39, 0.29) is 11.9 Å². The van der Waals surface area contributed by atoms with Crippen LogP contribution >= 0.6 is 0 Å². The van der Waals surface area contributed by atoms with Gasteiger partial charge < -0.3 is 10.0 Å². The summed E-state index contributed by atoms with van der Waals surface area (Å²) >= 11 is 0. The average Bonchev–Trinajstić information content (AvgIpc) is 2.48. The standard InChI is InChI=1S/C11H17NO3/c1-8-4-2-7-12(8)9(13)11(10(14)15)5-3-6-11/h8H,2-7H2,1H3,(H,14,15). The van der Waals surface area contributed by atoms with Gasteiger partial charge in [0.2, 0.25) is 5.91 Å². The molecule has 2 fully saturated rings. The lowest BCUT2D eigenvalue weighted by molar-refractivity contribution is -0.167. The molecular weight excluding hydrogens is 194 g/mol. The van der Waals surface area contributed by atoms with Crippen molar-refractivity contribution >= 4 is 11.9 Å². The third-order valence-electron chi connectivity index (χ3n) is 3.84. The fourth-order valence-electron chi connectivity index (χ4n) is 2.56. The molecule has 1 N–H and O–H groups in total. The molecule has 1 amide bonds. The Kier molecular flexibility index (Phi) is 2.44. The lowest BCUT2D eigenvalue weighted by Crippen LogP contribution is -2.53. The van der Waals surface area contributed by atoms with Crippen LogP contribution in [0, 0.1) is 5.41 Å². The number of likely N-dealkylation sites (tertiary alicyclic amines) is 1. The molecule has 0 aromatic heterocycles. The van der Waals surface area contributed by atoms with Crippen LogP contribution in [0.1, 0.15) is 39.0 Å². The van der Waals surface area contributed by atoms with Gasteiger partial charge in [-0.3, -0.25) is 9.59 Å². The molecule has 0 radical (unpaired) electrons. The predicted molar refractivity (Wildman–Crippen MR) is 54.3 cm³/mol. The Balaban J connectivity index is 2.15. The second kappa shape index (κ2) is 3.51. The molecule has 4 nitrogen and oxygen atoms in total. The van der Waals surface area contributed by atoms with Gasteiger partial charge in [0.15, 0.2) is 0 Å². The van der Waals surface area contributed by atoms with Crippen LogP contribution in [0.25, 0.3) is 0 Å². The molecule has 2 aliphatic rings. The van der Waals surface area contributed by atoms with Gasteiger partial charge in [0.1, 0.15) is 5.41 Å². The van der Waals surface area contributed by atoms with E-state index < -0.39 is 11.4 Å². The molecule has 1 heterocycles. The Labute approximate surface area is 89.3 Å². The summed E-state index contributed by atoms with van der Waals surface area (Å²) in [5.41, 5.74) is -1.07. The largest absolute Gasteiger partial charge is 0.480 e. The van der Waals surface area contributed by atoms with Gasteiger partial charge in [-0.25, -0.2) is 0 Å². The van der Waals surface area contributed by atoms with Crippen molar-refractivity contribution in [1.82, 2.24) is 4.90 Å². The van der Waals surface area contributed by atoms with E-state index in [0.29, 0.717) is 12.8 Å². The second-order valence-corrected chi connectivity index (χ2v) is 4.73. The Morgan fingerprint density at radius 1 is 1.33 bits per heavy atom. The van der Waals surface area contributed by atoms with Crippen LogP contribution in [0.15, 0.2) is 0 Å². The van der Waals surface area contributed by atoms with Gasteiger partial charge in [-0.2, -0.15) is 0 Å². The molecule has 4 heteroatoms. The van der Waals surface area contributed by atoms with Gasteiger partial charge >= 0.3 is 5.97 Å². The summed E-state index contributed by atoms with van der Waals surface area (Å²) in [6.07, 6.45) is 3.90. The van der Waals surface area contributed by atoms with Gasteiger partial charge in [-0.05, 0) is 32.6 Å². The number of aliphatic carboxylic acids is 1. The lowest BCUT2D eigenvalue weighted by Gasteiger charge is -2.40. The van der Waals surface area contributed by atoms with Crippen molar-refractivity contribution in [2.75, 3.05) is 6.54 Å². The van der Waals surface area contributed by atoms with E-state index in [2.05, 4.69) is 0 Å². The summed E-state index contributed by atoms with van der Waals surface area (Å²) < 4.78 is 0. The van der Waals surface area contributed by atoms with Crippen molar-refractivity contribution in [3.05, 3.63) is 0 Å². The van der Waals surface area contributed by atoms with Crippen molar-refractivity contribution in [2.45, 2.75) is 45.1 Å². The van der Waals surface area contributed by atoms with E-state index >= 15 is 0 Å². The highest BCUT2D eigenvalue weighted by Crippen LogP contribution is 2.43. The van der Waals surface area contributed by atoms with Gasteiger partial charge in [0.25, 0.3) is 0 Å². The third-order valence-corrected chi connectivity index (χ3v) is 3.84. The molecule has 0 spiro atoms. The number of carboxylic acid groups (broad SMARTS) is 1. The van der Waals surface area contributed by atoms with Crippen LogP contribution in [-0.2, 0) is 9.59 Å². The molecule has 1 aliphatic heterocycles. The van der Waals surface area contributed by atoms with E-state index in [9.17, 15) is 9.59 Å². The number of nitrogens with zero attached hydrogens (tertiary/aromatic N) is 1. The van der Waals surface area contributed by atoms with Crippen LogP contribution in [-0.4, -0.2) is 34.5 Å². The minimum Gasteiger partial charge on any atom is -0.480 e. The Morgan fingerprint density at radius 2 is 2.00 bits per heavy atom. The van der Waals surface area contributed by atoms with E-state index in [1.807, 2.05) is 6.92 Å². The molecule has 1 saturated heterocycles. The normalized spacial score (nSPS) is 28.6. The summed E-state index contributed by atoms with van der Waals surface area (Å²) in [4.78, 5) is 25.1. The number of amides is 1. The maximum atomic E-state index is 12.1. The lowest BCUT2D eigenvalue weighted by atomic mass is 9.67. The van der Waals surface area contributed by atoms with Crippen molar-refractivity contribution in [1.29, 1.82) is 0 Å². The number of rotatable bonds is 2. The first-order chi connectivity index (χ1) is 7.08. The fourth-order valence-corrected chi connectivity index (χ4v) is 2.56. The summed E-state index contributed by atoms with van der Waals surface area (Å²) in [5, 5.41) is 9.15. The number of carbonyl (C=O) groups excluding carboxylic acids is 1. The predicted octanol–water partition coefficient (Wildman–Crippen LogP) is 1.25. The maximum Gasteiger partial charge on any atom is 0.319 e. The van der Waals surface area contributed by atoms with Crippen LogP contribution in [0.2, 0.25) is 0 Å². The maximum absolute atomic E-state index is 12.1. The Bertz CT molecular complexity index is 296. The molecule has 1 saturated carbocycles. The van der Waals surface area contributed by atoms with Crippen LogP contribution < -0.4 is 0 Å². The second-order valence-electron chi connectivity index (χ2n) is 4.73. The van der Waals surface area contributed by atoms with Crippen molar-refractivity contribution in [3.63, 3.8) is 0 Å². The van der Waals surface area contributed by atoms with E-state index in [0.717, 1.165) is 25.8 Å². The molecule has 84 valence electrons. The first kappa shape index (κ1) is 10.5. The van der Waals surface area contributed by atoms with Crippen LogP contribution in [0.3, 0.4) is 0 Å². The van der Waals surface area contributed by atoms with Gasteiger partial charge in [0.05, 0.1) is 0 Å². The summed E-state index contributed by atoms with van der Waals surface area (Å²) in [6, 6.07) is 0.217. The zero-order valence-corrected chi connectivity index (χ0v) is 9.03. The quantitative estimate of drug-likeness (QED) is 0.699. The van der Waals surface area contributed by atoms with E-state index in [4.69, 9.17) is 5.11 Å². The molecular formula is C11H17NO3. The fraction of sp³-hybridized carbons (Fsp3) is 0.818. The van der Waals surface area contributed by atoms with Gasteiger partial charge in [0, 0.05) is 12.6 Å². The Morgan fingerprint density at radius 3 is 2.33 bits per heavy atom. The number of carboxylic acids is 1. The molecule has 0 aromatic rings. The molecule has 1 unspecified atom stereocenters. The monoisotopic (exact) mass is 211 g/mol. The highest BCUT2D eigenvalue weighted by atomic mass is 16.4. The van der Waals surface area contributed by atoms with Crippen LogP contribution in [0.5, 0.6) is 0 Å². The number of hydrogen-bond acceptors (Lipinski definition) is 2. The summed E-state index contributed by atoms with van der Waals surface area (Å²) in [6.45, 7) is 2.73. The number of carbonyl (C=O) groups is 2. The smallest absolute Gasteiger partial charge is 0.319 e. The molecule has 1 atom stereocenters. The molecule has 0 aromatic carbocycles. The molecule has 1 aliphatic carbocycles. The Hall–Kier alpha value is -1.06. The van der Waals surface area contributed by atoms with Gasteiger partial charge in [-0.1, -0.05) is 6.42 Å². The summed E-state index contributed by atoms with van der Waals surface area (Å²) in [7, 11) is 0.